The molecule has 8 aromatic carbocycles. The fourth-order valence-corrected chi connectivity index (χ4v) is 10.1. The SMILES string of the molecule is Cc1ccc2c(N3c4ccccc4C(C)(C)c4cc5c(cc43)oc3ccccc35)c3cc(C)ccc3c(N3c4ccccc4Sc4ccccc43)c2c1. The molecule has 0 radical (unpaired) electrons. The standard InChI is InChI=1S/C49H36N2OS/c1-29-22-24-33-35(25-29)47(32-23-21-30(2)26-36(32)48(33)51-40-16-8-11-19-45(40)53-46-20-12-9-17-41(46)51)50-39-15-7-6-14-37(39)49(3,4)38-27-34-31-13-5-10-18-43(31)52-44(34)28-42(38)50/h5-28H,1-4H3. The molecule has 9 aromatic rings. The number of furan rings is 1. The zero-order valence-electron chi connectivity index (χ0n) is 30.1. The van der Waals surface area contributed by atoms with Gasteiger partial charge in [0.2, 0.25) is 0 Å². The number of nitrogens with zero attached hydrogens (tertiary/aromatic N) is 2. The van der Waals surface area contributed by atoms with Gasteiger partial charge in [-0.2, -0.15) is 0 Å². The summed E-state index contributed by atoms with van der Waals surface area (Å²) in [5.74, 6) is 0. The van der Waals surface area contributed by atoms with E-state index in [4.69, 9.17) is 4.42 Å². The van der Waals surface area contributed by atoms with Gasteiger partial charge in [-0.1, -0.05) is 122 Å². The Bertz CT molecular complexity index is 2960. The number of fused-ring (bicyclic) bond motifs is 9. The van der Waals surface area contributed by atoms with E-state index in [1.54, 1.807) is 0 Å². The van der Waals surface area contributed by atoms with Crippen molar-refractivity contribution in [3.63, 3.8) is 0 Å². The predicted molar refractivity (Wildman–Crippen MR) is 224 cm³/mol. The summed E-state index contributed by atoms with van der Waals surface area (Å²) >= 11 is 1.85. The maximum absolute atomic E-state index is 6.60. The molecule has 2 aliphatic heterocycles. The Hall–Kier alpha value is -5.97. The molecule has 11 rings (SSSR count). The van der Waals surface area contributed by atoms with Gasteiger partial charge in [0.05, 0.1) is 34.1 Å². The van der Waals surface area contributed by atoms with E-state index < -0.39 is 0 Å². The lowest BCUT2D eigenvalue weighted by Gasteiger charge is -2.43. The number of benzene rings is 8. The van der Waals surface area contributed by atoms with Gasteiger partial charge in [0.1, 0.15) is 11.2 Å². The minimum atomic E-state index is -0.244. The van der Waals surface area contributed by atoms with Crippen LogP contribution in [0.15, 0.2) is 160 Å². The molecule has 53 heavy (non-hydrogen) atoms. The summed E-state index contributed by atoms with van der Waals surface area (Å²) in [6.07, 6.45) is 0. The fourth-order valence-electron chi connectivity index (χ4n) is 9.00. The highest BCUT2D eigenvalue weighted by Gasteiger charge is 2.39. The number of hydrogen-bond donors (Lipinski definition) is 0. The van der Waals surface area contributed by atoms with E-state index >= 15 is 0 Å². The number of hydrogen-bond acceptors (Lipinski definition) is 4. The van der Waals surface area contributed by atoms with E-state index in [9.17, 15) is 0 Å². The van der Waals surface area contributed by atoms with Crippen LogP contribution in [-0.4, -0.2) is 0 Å². The van der Waals surface area contributed by atoms with Gasteiger partial charge in [-0.15, -0.1) is 0 Å². The number of anilines is 6. The number of rotatable bonds is 2. The fraction of sp³-hybridized carbons (Fsp3) is 0.102. The van der Waals surface area contributed by atoms with Crippen LogP contribution < -0.4 is 9.80 Å². The quantitative estimate of drug-likeness (QED) is 0.167. The van der Waals surface area contributed by atoms with Crippen molar-refractivity contribution in [1.29, 1.82) is 0 Å². The minimum Gasteiger partial charge on any atom is -0.456 e. The molecule has 0 N–H and O–H groups in total. The van der Waals surface area contributed by atoms with E-state index in [0.29, 0.717) is 0 Å². The maximum atomic E-state index is 6.60. The van der Waals surface area contributed by atoms with Crippen molar-refractivity contribution in [3.05, 3.63) is 168 Å². The summed E-state index contributed by atoms with van der Waals surface area (Å²) in [5.41, 5.74) is 13.8. The number of para-hydroxylation sites is 4. The van der Waals surface area contributed by atoms with Gasteiger partial charge in [0.15, 0.2) is 0 Å². The normalized spacial score (nSPS) is 14.4. The van der Waals surface area contributed by atoms with E-state index in [0.717, 1.165) is 27.6 Å². The Kier molecular flexibility index (Phi) is 6.37. The number of aryl methyl sites for hydroxylation is 2. The van der Waals surface area contributed by atoms with Gasteiger partial charge < -0.3 is 14.2 Å². The summed E-state index contributed by atoms with van der Waals surface area (Å²) in [6.45, 7) is 9.16. The van der Waals surface area contributed by atoms with Crippen LogP contribution in [0.4, 0.5) is 34.1 Å². The first kappa shape index (κ1) is 30.6. The lowest BCUT2D eigenvalue weighted by molar-refractivity contribution is 0.631. The minimum absolute atomic E-state index is 0.244. The van der Waals surface area contributed by atoms with Crippen molar-refractivity contribution in [2.45, 2.75) is 42.9 Å². The second kappa shape index (κ2) is 11.0. The van der Waals surface area contributed by atoms with E-state index in [2.05, 4.69) is 183 Å². The highest BCUT2D eigenvalue weighted by Crippen LogP contribution is 2.59. The molecule has 0 bridgehead atoms. The molecule has 254 valence electrons. The maximum Gasteiger partial charge on any atom is 0.137 e. The molecule has 1 aromatic heterocycles. The van der Waals surface area contributed by atoms with Gasteiger partial charge >= 0.3 is 0 Å². The van der Waals surface area contributed by atoms with Crippen LogP contribution >= 0.6 is 11.8 Å². The lowest BCUT2D eigenvalue weighted by Crippen LogP contribution is -2.30. The smallest absolute Gasteiger partial charge is 0.137 e. The van der Waals surface area contributed by atoms with Crippen LogP contribution in [0.1, 0.15) is 36.1 Å². The Labute approximate surface area is 313 Å². The highest BCUT2D eigenvalue weighted by atomic mass is 32.2. The van der Waals surface area contributed by atoms with E-state index in [1.165, 1.54) is 82.0 Å². The Morgan fingerprint density at radius 3 is 1.64 bits per heavy atom. The van der Waals surface area contributed by atoms with Crippen LogP contribution in [0.3, 0.4) is 0 Å². The topological polar surface area (TPSA) is 19.6 Å². The second-order valence-corrected chi connectivity index (χ2v) is 16.2. The zero-order valence-corrected chi connectivity index (χ0v) is 30.9. The Balaban J connectivity index is 1.30. The van der Waals surface area contributed by atoms with E-state index in [1.807, 2.05) is 11.8 Å². The van der Waals surface area contributed by atoms with Crippen molar-refractivity contribution in [2.24, 2.45) is 0 Å². The molecule has 0 atom stereocenters. The third-order valence-electron chi connectivity index (χ3n) is 11.5. The lowest BCUT2D eigenvalue weighted by atomic mass is 9.73. The molecule has 2 aliphatic rings. The summed E-state index contributed by atoms with van der Waals surface area (Å²) in [4.78, 5) is 7.57. The summed E-state index contributed by atoms with van der Waals surface area (Å²) in [7, 11) is 0. The van der Waals surface area contributed by atoms with Gasteiger partial charge in [-0.05, 0) is 79.6 Å². The first-order valence-corrected chi connectivity index (χ1v) is 19.2. The first-order valence-electron chi connectivity index (χ1n) is 18.3. The molecule has 0 spiro atoms. The highest BCUT2D eigenvalue weighted by molar-refractivity contribution is 7.99. The molecule has 0 unspecified atom stereocenters. The first-order chi connectivity index (χ1) is 25.9. The average Bonchev–Trinajstić information content (AvgIpc) is 3.54. The largest absolute Gasteiger partial charge is 0.456 e. The predicted octanol–water partition coefficient (Wildman–Crippen LogP) is 14.6. The van der Waals surface area contributed by atoms with Gasteiger partial charge in [0.25, 0.3) is 0 Å². The van der Waals surface area contributed by atoms with Crippen molar-refractivity contribution < 1.29 is 4.42 Å². The third kappa shape index (κ3) is 4.30. The molecular weight excluding hydrogens is 665 g/mol. The van der Waals surface area contributed by atoms with Crippen molar-refractivity contribution >= 4 is 89.4 Å². The molecular formula is C49H36N2OS. The molecule has 0 fully saturated rings. The molecule has 3 nitrogen and oxygen atoms in total. The summed E-state index contributed by atoms with van der Waals surface area (Å²) < 4.78 is 6.60. The van der Waals surface area contributed by atoms with Crippen LogP contribution in [0.25, 0.3) is 43.5 Å². The van der Waals surface area contributed by atoms with Crippen LogP contribution in [0, 0.1) is 13.8 Å². The third-order valence-corrected chi connectivity index (χ3v) is 12.6. The molecule has 4 heteroatoms. The van der Waals surface area contributed by atoms with Crippen molar-refractivity contribution in [3.8, 4) is 0 Å². The monoisotopic (exact) mass is 700 g/mol. The second-order valence-electron chi connectivity index (χ2n) is 15.1. The zero-order chi connectivity index (χ0) is 35.6. The van der Waals surface area contributed by atoms with Crippen molar-refractivity contribution in [2.75, 3.05) is 9.80 Å². The average molecular weight is 701 g/mol. The molecule has 0 aliphatic carbocycles. The van der Waals surface area contributed by atoms with Crippen molar-refractivity contribution in [1.82, 2.24) is 0 Å². The molecule has 0 saturated heterocycles. The molecule has 0 amide bonds. The van der Waals surface area contributed by atoms with E-state index in [-0.39, 0.29) is 5.41 Å². The van der Waals surface area contributed by atoms with Crippen LogP contribution in [0.2, 0.25) is 0 Å². The van der Waals surface area contributed by atoms with Crippen LogP contribution in [-0.2, 0) is 5.41 Å². The van der Waals surface area contributed by atoms with Gasteiger partial charge in [-0.3, -0.25) is 0 Å². The Morgan fingerprint density at radius 2 is 0.981 bits per heavy atom. The molecule has 3 heterocycles. The summed E-state index contributed by atoms with van der Waals surface area (Å²) in [5, 5.41) is 7.17. The Morgan fingerprint density at radius 1 is 0.434 bits per heavy atom. The van der Waals surface area contributed by atoms with Gasteiger partial charge in [-0.25, -0.2) is 0 Å². The van der Waals surface area contributed by atoms with Gasteiger partial charge in [0, 0.05) is 53.6 Å². The molecule has 0 saturated carbocycles. The van der Waals surface area contributed by atoms with Crippen LogP contribution in [0.5, 0.6) is 0 Å². The summed E-state index contributed by atoms with van der Waals surface area (Å²) in [6, 6.07) is 53.8.